The van der Waals surface area contributed by atoms with Gasteiger partial charge in [-0.2, -0.15) is 0 Å². The normalized spacial score (nSPS) is 13.4. The molecule has 1 amide bonds. The van der Waals surface area contributed by atoms with Crippen molar-refractivity contribution in [2.75, 3.05) is 21.3 Å². The topological polar surface area (TPSA) is 60.9 Å². The molecule has 1 saturated carbocycles. The largest absolute Gasteiger partial charge is 0.493 e. The van der Waals surface area contributed by atoms with Crippen LogP contribution >= 0.6 is 0 Å². The summed E-state index contributed by atoms with van der Waals surface area (Å²) in [5.74, 6) is 1.62. The molecule has 1 heterocycles. The second-order valence-corrected chi connectivity index (χ2v) is 6.35. The summed E-state index contributed by atoms with van der Waals surface area (Å²) in [6, 6.07) is 7.80. The van der Waals surface area contributed by atoms with Gasteiger partial charge in [0.2, 0.25) is 11.7 Å². The lowest BCUT2D eigenvalue weighted by atomic mass is 10.1. The number of pyridine rings is 1. The van der Waals surface area contributed by atoms with E-state index in [9.17, 15) is 4.79 Å². The predicted octanol–water partition coefficient (Wildman–Crippen LogP) is 3.31. The highest BCUT2D eigenvalue weighted by Gasteiger charge is 2.31. The number of nitrogens with zero attached hydrogens (tertiary/aromatic N) is 2. The predicted molar refractivity (Wildman–Crippen MR) is 103 cm³/mol. The van der Waals surface area contributed by atoms with E-state index >= 15 is 0 Å². The van der Waals surface area contributed by atoms with E-state index in [1.807, 2.05) is 29.2 Å². The van der Waals surface area contributed by atoms with E-state index in [1.165, 1.54) is 0 Å². The summed E-state index contributed by atoms with van der Waals surface area (Å²) in [5.41, 5.74) is 1.83. The van der Waals surface area contributed by atoms with Gasteiger partial charge < -0.3 is 19.1 Å². The van der Waals surface area contributed by atoms with Crippen molar-refractivity contribution in [3.63, 3.8) is 0 Å². The van der Waals surface area contributed by atoms with Crippen molar-refractivity contribution in [1.29, 1.82) is 0 Å². The smallest absolute Gasteiger partial charge is 0.247 e. The van der Waals surface area contributed by atoms with Crippen LogP contribution in [0.2, 0.25) is 0 Å². The minimum Gasteiger partial charge on any atom is -0.493 e. The van der Waals surface area contributed by atoms with E-state index < -0.39 is 0 Å². The first kappa shape index (κ1) is 18.8. The molecule has 3 rings (SSSR count). The molecule has 0 aliphatic heterocycles. The zero-order chi connectivity index (χ0) is 19.2. The molecule has 27 heavy (non-hydrogen) atoms. The third-order valence-electron chi connectivity index (χ3n) is 4.45. The van der Waals surface area contributed by atoms with E-state index in [1.54, 1.807) is 45.9 Å². The van der Waals surface area contributed by atoms with Gasteiger partial charge in [-0.1, -0.05) is 6.07 Å². The Morgan fingerprint density at radius 2 is 1.89 bits per heavy atom. The number of carbonyl (C=O) groups excluding carboxylic acids is 1. The molecule has 6 nitrogen and oxygen atoms in total. The first-order chi connectivity index (χ1) is 13.2. The lowest BCUT2D eigenvalue weighted by molar-refractivity contribution is -0.127. The van der Waals surface area contributed by atoms with Crippen LogP contribution in [-0.2, 0) is 11.3 Å². The molecule has 6 heteroatoms. The number of ether oxygens (including phenoxy) is 3. The van der Waals surface area contributed by atoms with Crippen LogP contribution in [0, 0.1) is 0 Å². The van der Waals surface area contributed by atoms with E-state index in [2.05, 4.69) is 4.98 Å². The number of amides is 1. The molecule has 0 spiro atoms. The van der Waals surface area contributed by atoms with Gasteiger partial charge in [-0.15, -0.1) is 0 Å². The van der Waals surface area contributed by atoms with E-state index in [0.29, 0.717) is 29.8 Å². The average Bonchev–Trinajstić information content (AvgIpc) is 3.55. The molecule has 0 bridgehead atoms. The van der Waals surface area contributed by atoms with Gasteiger partial charge in [0.15, 0.2) is 11.5 Å². The third kappa shape index (κ3) is 4.58. The van der Waals surface area contributed by atoms with E-state index in [4.69, 9.17) is 14.2 Å². The Balaban J connectivity index is 1.78. The van der Waals surface area contributed by atoms with Crippen LogP contribution in [0.3, 0.4) is 0 Å². The molecular weight excluding hydrogens is 344 g/mol. The molecular formula is C21H24N2O4. The molecule has 0 N–H and O–H groups in total. The SMILES string of the molecule is COc1cc(/C=C/C(=O)N(Cc2cccnc2)C2CC2)cc(OC)c1OC. The summed E-state index contributed by atoms with van der Waals surface area (Å²) in [7, 11) is 4.70. The maximum absolute atomic E-state index is 12.8. The molecule has 142 valence electrons. The molecule has 1 aliphatic carbocycles. The lowest BCUT2D eigenvalue weighted by Gasteiger charge is -2.20. The Bertz CT molecular complexity index is 791. The lowest BCUT2D eigenvalue weighted by Crippen LogP contribution is -2.31. The third-order valence-corrected chi connectivity index (χ3v) is 4.45. The monoisotopic (exact) mass is 368 g/mol. The van der Waals surface area contributed by atoms with Gasteiger partial charge in [0, 0.05) is 31.1 Å². The van der Waals surface area contributed by atoms with Crippen molar-refractivity contribution in [2.45, 2.75) is 25.4 Å². The molecule has 1 aromatic heterocycles. The number of rotatable bonds is 8. The Morgan fingerprint density at radius 1 is 1.19 bits per heavy atom. The Labute approximate surface area is 159 Å². The molecule has 0 atom stereocenters. The number of methoxy groups -OCH3 is 3. The molecule has 0 radical (unpaired) electrons. The summed E-state index contributed by atoms with van der Waals surface area (Å²) in [6.07, 6.45) is 8.98. The standard InChI is InChI=1S/C21H24N2O4/c1-25-18-11-15(12-19(26-2)21(18)27-3)6-9-20(24)23(17-7-8-17)14-16-5-4-10-22-13-16/h4-6,9-13,17H,7-8,14H2,1-3H3/b9-6+. The van der Waals surface area contributed by atoms with Gasteiger partial charge in [-0.3, -0.25) is 9.78 Å². The Morgan fingerprint density at radius 3 is 2.41 bits per heavy atom. The van der Waals surface area contributed by atoms with Crippen LogP contribution in [0.25, 0.3) is 6.08 Å². The molecule has 1 aliphatic rings. The fraction of sp³-hybridized carbons (Fsp3) is 0.333. The first-order valence-corrected chi connectivity index (χ1v) is 8.84. The number of hydrogen-bond acceptors (Lipinski definition) is 5. The van der Waals surface area contributed by atoms with Crippen LogP contribution in [0.5, 0.6) is 17.2 Å². The highest BCUT2D eigenvalue weighted by Crippen LogP contribution is 2.38. The summed E-state index contributed by atoms with van der Waals surface area (Å²) < 4.78 is 16.0. The van der Waals surface area contributed by atoms with Crippen LogP contribution in [0.4, 0.5) is 0 Å². The van der Waals surface area contributed by atoms with Gasteiger partial charge in [0.25, 0.3) is 0 Å². The summed E-state index contributed by atoms with van der Waals surface area (Å²) in [5, 5.41) is 0. The van der Waals surface area contributed by atoms with Gasteiger partial charge in [-0.25, -0.2) is 0 Å². The second-order valence-electron chi connectivity index (χ2n) is 6.35. The fourth-order valence-electron chi connectivity index (χ4n) is 2.92. The highest BCUT2D eigenvalue weighted by molar-refractivity contribution is 5.92. The van der Waals surface area contributed by atoms with Gasteiger partial charge in [-0.05, 0) is 48.2 Å². The molecule has 2 aromatic rings. The summed E-state index contributed by atoms with van der Waals surface area (Å²) in [4.78, 5) is 18.8. The van der Waals surface area contributed by atoms with Crippen LogP contribution in [-0.4, -0.2) is 43.2 Å². The quantitative estimate of drug-likeness (QED) is 0.669. The average molecular weight is 368 g/mol. The zero-order valence-electron chi connectivity index (χ0n) is 15.8. The number of benzene rings is 1. The molecule has 1 fully saturated rings. The number of aromatic nitrogens is 1. The van der Waals surface area contributed by atoms with Gasteiger partial charge in [0.05, 0.1) is 21.3 Å². The van der Waals surface area contributed by atoms with E-state index in [-0.39, 0.29) is 5.91 Å². The minimum atomic E-state index is -0.0184. The minimum absolute atomic E-state index is 0.0184. The Hall–Kier alpha value is -3.02. The van der Waals surface area contributed by atoms with Crippen molar-refractivity contribution < 1.29 is 19.0 Å². The molecule has 0 saturated heterocycles. The zero-order valence-corrected chi connectivity index (χ0v) is 15.8. The maximum atomic E-state index is 12.8. The van der Waals surface area contributed by atoms with Crippen molar-refractivity contribution in [3.8, 4) is 17.2 Å². The number of hydrogen-bond donors (Lipinski definition) is 0. The Kier molecular flexibility index (Phi) is 5.96. The second kappa shape index (κ2) is 8.58. The van der Waals surface area contributed by atoms with Gasteiger partial charge in [0.1, 0.15) is 0 Å². The van der Waals surface area contributed by atoms with Crippen molar-refractivity contribution in [3.05, 3.63) is 53.9 Å². The highest BCUT2D eigenvalue weighted by atomic mass is 16.5. The molecule has 0 unspecified atom stereocenters. The van der Waals surface area contributed by atoms with Crippen LogP contribution in [0.15, 0.2) is 42.7 Å². The van der Waals surface area contributed by atoms with Crippen LogP contribution in [0.1, 0.15) is 24.0 Å². The first-order valence-electron chi connectivity index (χ1n) is 8.84. The van der Waals surface area contributed by atoms with Crippen molar-refractivity contribution in [2.24, 2.45) is 0 Å². The molecule has 1 aromatic carbocycles. The maximum Gasteiger partial charge on any atom is 0.247 e. The van der Waals surface area contributed by atoms with E-state index in [0.717, 1.165) is 24.0 Å². The number of carbonyl (C=O) groups is 1. The summed E-state index contributed by atoms with van der Waals surface area (Å²) >= 11 is 0. The van der Waals surface area contributed by atoms with Crippen molar-refractivity contribution in [1.82, 2.24) is 9.88 Å². The van der Waals surface area contributed by atoms with Crippen molar-refractivity contribution >= 4 is 12.0 Å². The van der Waals surface area contributed by atoms with Crippen LogP contribution < -0.4 is 14.2 Å². The van der Waals surface area contributed by atoms with Gasteiger partial charge >= 0.3 is 0 Å². The fourth-order valence-corrected chi connectivity index (χ4v) is 2.92. The summed E-state index contributed by atoms with van der Waals surface area (Å²) in [6.45, 7) is 0.566.